The third kappa shape index (κ3) is 2.55. The summed E-state index contributed by atoms with van der Waals surface area (Å²) in [5.74, 6) is -6.45. The van der Waals surface area contributed by atoms with Gasteiger partial charge in [-0.2, -0.15) is 5.10 Å². The standard InChI is InChI=1S/C11H5ClF4N2O/c12-6-7(13)9(15)11(10(16)8(6)14)18-17-4-5-2-1-3-19-5/h1-4,18H. The Bertz CT molecular complexity index is 599. The smallest absolute Gasteiger partial charge is 0.188 e. The van der Waals surface area contributed by atoms with Crippen LogP contribution in [0.3, 0.4) is 0 Å². The minimum Gasteiger partial charge on any atom is -0.463 e. The van der Waals surface area contributed by atoms with Crippen molar-refractivity contribution in [2.45, 2.75) is 0 Å². The molecule has 3 nitrogen and oxygen atoms in total. The van der Waals surface area contributed by atoms with Gasteiger partial charge in [-0.1, -0.05) is 11.6 Å². The number of nitrogens with one attached hydrogen (secondary N) is 1. The van der Waals surface area contributed by atoms with Crippen molar-refractivity contribution in [2.24, 2.45) is 5.10 Å². The van der Waals surface area contributed by atoms with E-state index in [1.54, 1.807) is 6.07 Å². The lowest BCUT2D eigenvalue weighted by molar-refractivity contribution is 0.459. The number of rotatable bonds is 3. The van der Waals surface area contributed by atoms with Gasteiger partial charge in [0.25, 0.3) is 0 Å². The van der Waals surface area contributed by atoms with Crippen LogP contribution in [0.1, 0.15) is 5.76 Å². The fourth-order valence-electron chi connectivity index (χ4n) is 1.23. The molecule has 2 rings (SSSR count). The second-order valence-corrected chi connectivity index (χ2v) is 3.71. The Labute approximate surface area is 109 Å². The molecule has 2 aromatic rings. The van der Waals surface area contributed by atoms with E-state index in [9.17, 15) is 17.6 Å². The average molecular weight is 293 g/mol. The van der Waals surface area contributed by atoms with Crippen molar-refractivity contribution in [1.82, 2.24) is 0 Å². The molecule has 0 aliphatic carbocycles. The summed E-state index contributed by atoms with van der Waals surface area (Å²) in [4.78, 5) is 0. The Balaban J connectivity index is 2.30. The lowest BCUT2D eigenvalue weighted by Crippen LogP contribution is -2.04. The molecule has 1 aromatic heterocycles. The Kier molecular flexibility index (Phi) is 3.75. The van der Waals surface area contributed by atoms with Gasteiger partial charge < -0.3 is 4.42 Å². The number of hydrogen-bond acceptors (Lipinski definition) is 3. The van der Waals surface area contributed by atoms with Crippen molar-refractivity contribution in [2.75, 3.05) is 5.43 Å². The van der Waals surface area contributed by atoms with Crippen LogP contribution in [0.2, 0.25) is 5.02 Å². The van der Waals surface area contributed by atoms with Crippen LogP contribution in [0.4, 0.5) is 23.2 Å². The largest absolute Gasteiger partial charge is 0.463 e. The lowest BCUT2D eigenvalue weighted by Gasteiger charge is -2.07. The molecule has 8 heteroatoms. The molecule has 0 spiro atoms. The summed E-state index contributed by atoms with van der Waals surface area (Å²) in [6.45, 7) is 0. The monoisotopic (exact) mass is 292 g/mol. The summed E-state index contributed by atoms with van der Waals surface area (Å²) in [5, 5.41) is 2.14. The molecular formula is C11H5ClF4N2O. The van der Waals surface area contributed by atoms with Crippen LogP contribution >= 0.6 is 11.6 Å². The zero-order valence-electron chi connectivity index (χ0n) is 9.05. The number of benzene rings is 1. The number of anilines is 1. The van der Waals surface area contributed by atoms with E-state index in [-0.39, 0.29) is 5.76 Å². The molecule has 1 N–H and O–H groups in total. The van der Waals surface area contributed by atoms with Crippen LogP contribution in [-0.2, 0) is 0 Å². The number of nitrogens with zero attached hydrogens (tertiary/aromatic N) is 1. The minimum absolute atomic E-state index is 0.281. The first-order valence-electron chi connectivity index (χ1n) is 4.86. The first-order chi connectivity index (χ1) is 9.02. The van der Waals surface area contributed by atoms with Gasteiger partial charge in [0, 0.05) is 0 Å². The van der Waals surface area contributed by atoms with Crippen LogP contribution in [0.15, 0.2) is 27.9 Å². The van der Waals surface area contributed by atoms with Gasteiger partial charge in [0.1, 0.15) is 16.5 Å². The maximum absolute atomic E-state index is 13.3. The van der Waals surface area contributed by atoms with E-state index in [4.69, 9.17) is 16.0 Å². The Hall–Kier alpha value is -2.02. The maximum Gasteiger partial charge on any atom is 0.188 e. The highest BCUT2D eigenvalue weighted by Gasteiger charge is 2.24. The highest BCUT2D eigenvalue weighted by Crippen LogP contribution is 2.30. The van der Waals surface area contributed by atoms with E-state index in [0.29, 0.717) is 0 Å². The SMILES string of the molecule is Fc1c(F)c(NN=Cc2ccco2)c(F)c(F)c1Cl. The summed E-state index contributed by atoms with van der Waals surface area (Å²) in [6, 6.07) is 3.07. The number of furan rings is 1. The predicted octanol–water partition coefficient (Wildman–Crippen LogP) is 3.94. The number of hydrazone groups is 1. The molecule has 0 radical (unpaired) electrons. The van der Waals surface area contributed by atoms with Gasteiger partial charge in [-0.05, 0) is 12.1 Å². The topological polar surface area (TPSA) is 37.5 Å². The number of halogens is 5. The molecule has 0 aliphatic rings. The van der Waals surface area contributed by atoms with Gasteiger partial charge in [-0.15, -0.1) is 0 Å². The van der Waals surface area contributed by atoms with Crippen molar-refractivity contribution in [3.8, 4) is 0 Å². The van der Waals surface area contributed by atoms with Crippen LogP contribution < -0.4 is 5.43 Å². The van der Waals surface area contributed by atoms with Crippen molar-refractivity contribution < 1.29 is 22.0 Å². The Morgan fingerprint density at radius 3 is 2.26 bits per heavy atom. The molecule has 0 fully saturated rings. The predicted molar refractivity (Wildman–Crippen MR) is 61.2 cm³/mol. The highest BCUT2D eigenvalue weighted by atomic mass is 35.5. The quantitative estimate of drug-likeness (QED) is 0.306. The summed E-state index contributed by atoms with van der Waals surface area (Å²) >= 11 is 5.06. The molecule has 0 unspecified atom stereocenters. The van der Waals surface area contributed by atoms with Gasteiger partial charge in [0.2, 0.25) is 0 Å². The van der Waals surface area contributed by atoms with E-state index in [0.717, 1.165) is 6.21 Å². The van der Waals surface area contributed by atoms with Crippen LogP contribution in [0.25, 0.3) is 0 Å². The van der Waals surface area contributed by atoms with Crippen LogP contribution in [0, 0.1) is 23.3 Å². The van der Waals surface area contributed by atoms with E-state index >= 15 is 0 Å². The molecule has 1 heterocycles. The zero-order chi connectivity index (χ0) is 14.0. The minimum atomic E-state index is -1.70. The van der Waals surface area contributed by atoms with Crippen molar-refractivity contribution >= 4 is 23.5 Å². The fourth-order valence-corrected chi connectivity index (χ4v) is 1.39. The highest BCUT2D eigenvalue weighted by molar-refractivity contribution is 6.31. The molecule has 0 saturated carbocycles. The van der Waals surface area contributed by atoms with Crippen LogP contribution in [0.5, 0.6) is 0 Å². The zero-order valence-corrected chi connectivity index (χ0v) is 9.81. The van der Waals surface area contributed by atoms with Crippen LogP contribution in [-0.4, -0.2) is 6.21 Å². The van der Waals surface area contributed by atoms with Gasteiger partial charge in [0.05, 0.1) is 12.5 Å². The fraction of sp³-hybridized carbons (Fsp3) is 0. The van der Waals surface area contributed by atoms with Gasteiger partial charge in [-0.3, -0.25) is 5.43 Å². The molecule has 0 atom stereocenters. The van der Waals surface area contributed by atoms with E-state index < -0.39 is 34.0 Å². The molecule has 0 amide bonds. The van der Waals surface area contributed by atoms with E-state index in [2.05, 4.69) is 5.10 Å². The molecular weight excluding hydrogens is 288 g/mol. The third-order valence-electron chi connectivity index (χ3n) is 2.12. The molecule has 0 aliphatic heterocycles. The van der Waals surface area contributed by atoms with E-state index in [1.165, 1.54) is 12.3 Å². The van der Waals surface area contributed by atoms with Crippen molar-refractivity contribution in [1.29, 1.82) is 0 Å². The van der Waals surface area contributed by atoms with Crippen molar-refractivity contribution in [3.63, 3.8) is 0 Å². The molecule has 100 valence electrons. The van der Waals surface area contributed by atoms with Gasteiger partial charge >= 0.3 is 0 Å². The first-order valence-corrected chi connectivity index (χ1v) is 5.24. The summed E-state index contributed by atoms with van der Waals surface area (Å²) in [6.07, 6.45) is 2.42. The maximum atomic E-state index is 13.3. The summed E-state index contributed by atoms with van der Waals surface area (Å²) in [5.41, 5.74) is 0.768. The first kappa shape index (κ1) is 13.4. The Morgan fingerprint density at radius 1 is 1.11 bits per heavy atom. The van der Waals surface area contributed by atoms with Gasteiger partial charge in [0.15, 0.2) is 23.3 Å². The Morgan fingerprint density at radius 2 is 1.74 bits per heavy atom. The molecule has 1 aromatic carbocycles. The summed E-state index contributed by atoms with van der Waals surface area (Å²) in [7, 11) is 0. The average Bonchev–Trinajstić information content (AvgIpc) is 2.91. The molecule has 0 saturated heterocycles. The normalized spacial score (nSPS) is 11.2. The second-order valence-electron chi connectivity index (χ2n) is 3.33. The molecule has 0 bridgehead atoms. The summed E-state index contributed by atoms with van der Waals surface area (Å²) < 4.78 is 57.8. The third-order valence-corrected chi connectivity index (χ3v) is 2.45. The lowest BCUT2D eigenvalue weighted by atomic mass is 10.2. The van der Waals surface area contributed by atoms with Gasteiger partial charge in [-0.25, -0.2) is 17.6 Å². The number of hydrogen-bond donors (Lipinski definition) is 1. The second kappa shape index (κ2) is 5.31. The van der Waals surface area contributed by atoms with E-state index in [1.807, 2.05) is 5.43 Å². The molecule has 19 heavy (non-hydrogen) atoms. The van der Waals surface area contributed by atoms with Crippen molar-refractivity contribution in [3.05, 3.63) is 52.4 Å².